The Hall–Kier alpha value is -2.20. The van der Waals surface area contributed by atoms with E-state index >= 15 is 4.39 Å². The predicted molar refractivity (Wildman–Crippen MR) is 177 cm³/mol. The standard InChI is InChI=1S/C35H54F2N4O3S/c1-33(2,3)39-19-26(25-11-10-22(36)16-28(25)37)27(20-39)30(42)40-18-24(17-29(40)31(43)38(8)9)41(32(44)35(6,7)21-45)23-12-14-34(4,5)15-13-23/h10-11,16,23-24,26-27,29,45H,12-15,17-21H2,1-9H3/t24-,26+,27?,29-/m0/s1. The molecule has 0 spiro atoms. The number of carbonyl (C=O) groups is 3. The smallest absolute Gasteiger partial charge is 0.244 e. The summed E-state index contributed by atoms with van der Waals surface area (Å²) in [5.74, 6) is -2.49. The van der Waals surface area contributed by atoms with Gasteiger partial charge in [0.2, 0.25) is 17.7 Å². The Kier molecular flexibility index (Phi) is 10.4. The molecule has 10 heteroatoms. The van der Waals surface area contributed by atoms with E-state index in [1.807, 2.05) is 18.7 Å². The number of carbonyl (C=O) groups excluding carboxylic acids is 3. The summed E-state index contributed by atoms with van der Waals surface area (Å²) in [6.07, 6.45) is 4.07. The van der Waals surface area contributed by atoms with Crippen LogP contribution in [0.15, 0.2) is 18.2 Å². The maximum absolute atomic E-state index is 15.2. The van der Waals surface area contributed by atoms with Gasteiger partial charge in [-0.3, -0.25) is 19.3 Å². The van der Waals surface area contributed by atoms with Crippen LogP contribution in [0.4, 0.5) is 8.78 Å². The summed E-state index contributed by atoms with van der Waals surface area (Å²) in [5.41, 5.74) is -0.479. The van der Waals surface area contributed by atoms with Gasteiger partial charge in [0, 0.05) is 63.0 Å². The Morgan fingerprint density at radius 1 is 0.978 bits per heavy atom. The number of likely N-dealkylation sites (tertiary alicyclic amines) is 2. The molecule has 4 rings (SSSR count). The van der Waals surface area contributed by atoms with Crippen molar-refractivity contribution in [2.45, 2.75) is 110 Å². The van der Waals surface area contributed by atoms with Crippen molar-refractivity contribution in [3.8, 4) is 0 Å². The van der Waals surface area contributed by atoms with Crippen LogP contribution in [0.5, 0.6) is 0 Å². The van der Waals surface area contributed by atoms with Crippen LogP contribution >= 0.6 is 12.6 Å². The molecule has 4 atom stereocenters. The molecule has 252 valence electrons. The first-order valence-corrected chi connectivity index (χ1v) is 17.1. The van der Waals surface area contributed by atoms with Crippen molar-refractivity contribution in [2.75, 3.05) is 39.5 Å². The fraction of sp³-hybridized carbons (Fsp3) is 0.743. The van der Waals surface area contributed by atoms with E-state index in [-0.39, 0.29) is 47.3 Å². The van der Waals surface area contributed by atoms with Gasteiger partial charge in [0.1, 0.15) is 17.7 Å². The fourth-order valence-corrected chi connectivity index (χ4v) is 7.57. The molecule has 45 heavy (non-hydrogen) atoms. The van der Waals surface area contributed by atoms with Gasteiger partial charge in [0.15, 0.2) is 0 Å². The highest BCUT2D eigenvalue weighted by Gasteiger charge is 2.52. The molecule has 2 heterocycles. The van der Waals surface area contributed by atoms with Gasteiger partial charge in [0.25, 0.3) is 0 Å². The predicted octanol–water partition coefficient (Wildman–Crippen LogP) is 5.59. The second kappa shape index (κ2) is 13.1. The summed E-state index contributed by atoms with van der Waals surface area (Å²) in [5, 5.41) is 0. The van der Waals surface area contributed by atoms with E-state index in [1.165, 1.54) is 17.0 Å². The molecule has 3 amide bonds. The highest BCUT2D eigenvalue weighted by Crippen LogP contribution is 2.43. The average molecular weight is 649 g/mol. The van der Waals surface area contributed by atoms with Crippen LogP contribution in [-0.2, 0) is 14.4 Å². The zero-order valence-corrected chi connectivity index (χ0v) is 29.6. The molecule has 2 saturated heterocycles. The van der Waals surface area contributed by atoms with E-state index in [1.54, 1.807) is 19.0 Å². The number of rotatable bonds is 7. The number of thiol groups is 1. The summed E-state index contributed by atoms with van der Waals surface area (Å²) in [4.78, 5) is 50.0. The lowest BCUT2D eigenvalue weighted by Crippen LogP contribution is -2.55. The molecule has 7 nitrogen and oxygen atoms in total. The third-order valence-electron chi connectivity index (χ3n) is 10.5. The van der Waals surface area contributed by atoms with Gasteiger partial charge in [-0.25, -0.2) is 8.78 Å². The number of amides is 3. The van der Waals surface area contributed by atoms with Crippen LogP contribution in [0.1, 0.15) is 92.1 Å². The van der Waals surface area contributed by atoms with Crippen LogP contribution in [0, 0.1) is 28.4 Å². The van der Waals surface area contributed by atoms with Gasteiger partial charge in [-0.1, -0.05) is 33.8 Å². The van der Waals surface area contributed by atoms with Crippen LogP contribution in [-0.4, -0.2) is 100 Å². The van der Waals surface area contributed by atoms with Crippen LogP contribution in [0.2, 0.25) is 0 Å². The lowest BCUT2D eigenvalue weighted by molar-refractivity contribution is -0.147. The van der Waals surface area contributed by atoms with E-state index in [0.717, 1.165) is 31.7 Å². The van der Waals surface area contributed by atoms with Crippen LogP contribution < -0.4 is 0 Å². The second-order valence-electron chi connectivity index (χ2n) is 16.2. The first-order chi connectivity index (χ1) is 20.8. The van der Waals surface area contributed by atoms with Gasteiger partial charge in [0.05, 0.1) is 17.4 Å². The second-order valence-corrected chi connectivity index (χ2v) is 16.5. The number of halogens is 2. The topological polar surface area (TPSA) is 64.2 Å². The molecule has 1 aliphatic carbocycles. The van der Waals surface area contributed by atoms with Crippen molar-refractivity contribution < 1.29 is 23.2 Å². The number of hydrogen-bond donors (Lipinski definition) is 1. The Bertz CT molecular complexity index is 1270. The monoisotopic (exact) mass is 648 g/mol. The lowest BCUT2D eigenvalue weighted by atomic mass is 9.74. The molecule has 3 aliphatic rings. The molecule has 1 aromatic carbocycles. The molecule has 0 radical (unpaired) electrons. The third-order valence-corrected chi connectivity index (χ3v) is 11.3. The summed E-state index contributed by atoms with van der Waals surface area (Å²) >= 11 is 4.51. The molecule has 0 aromatic heterocycles. The van der Waals surface area contributed by atoms with E-state index in [4.69, 9.17) is 0 Å². The van der Waals surface area contributed by atoms with Crippen molar-refractivity contribution in [3.05, 3.63) is 35.4 Å². The van der Waals surface area contributed by atoms with Gasteiger partial charge in [-0.2, -0.15) is 12.6 Å². The van der Waals surface area contributed by atoms with Crippen molar-refractivity contribution >= 4 is 30.4 Å². The van der Waals surface area contributed by atoms with Gasteiger partial charge < -0.3 is 14.7 Å². The van der Waals surface area contributed by atoms with E-state index in [0.29, 0.717) is 30.8 Å². The zero-order chi connectivity index (χ0) is 33.6. The first-order valence-electron chi connectivity index (χ1n) is 16.4. The highest BCUT2D eigenvalue weighted by molar-refractivity contribution is 7.80. The van der Waals surface area contributed by atoms with Gasteiger partial charge in [-0.15, -0.1) is 0 Å². The third kappa shape index (κ3) is 7.53. The van der Waals surface area contributed by atoms with E-state index in [9.17, 15) is 18.8 Å². The van der Waals surface area contributed by atoms with Gasteiger partial charge >= 0.3 is 0 Å². The number of likely N-dealkylation sites (N-methyl/N-ethyl adjacent to an activating group) is 1. The molecule has 0 N–H and O–H groups in total. The minimum absolute atomic E-state index is 0.00333. The first kappa shape index (κ1) is 35.7. The maximum Gasteiger partial charge on any atom is 0.244 e. The van der Waals surface area contributed by atoms with Crippen molar-refractivity contribution in [2.24, 2.45) is 16.7 Å². The summed E-state index contributed by atoms with van der Waals surface area (Å²) < 4.78 is 29.1. The highest BCUT2D eigenvalue weighted by atomic mass is 32.1. The number of nitrogens with zero attached hydrogens (tertiary/aromatic N) is 4. The molecule has 0 bridgehead atoms. The number of hydrogen-bond acceptors (Lipinski definition) is 5. The molecule has 1 saturated carbocycles. The summed E-state index contributed by atoms with van der Waals surface area (Å²) in [6.45, 7) is 15.6. The van der Waals surface area contributed by atoms with Crippen LogP contribution in [0.25, 0.3) is 0 Å². The Morgan fingerprint density at radius 2 is 1.60 bits per heavy atom. The SMILES string of the molecule is CN(C)C(=O)[C@@H]1C[C@H](N(C(=O)C(C)(C)CS)C2CCC(C)(C)CC2)CN1C(=O)C1CN(C(C)(C)C)C[C@@H]1c1ccc(F)cc1F. The van der Waals surface area contributed by atoms with Crippen LogP contribution in [0.3, 0.4) is 0 Å². The summed E-state index contributed by atoms with van der Waals surface area (Å²) in [7, 11) is 3.37. The lowest BCUT2D eigenvalue weighted by Gasteiger charge is -2.45. The minimum atomic E-state index is -0.741. The summed E-state index contributed by atoms with van der Waals surface area (Å²) in [6, 6.07) is 2.50. The van der Waals surface area contributed by atoms with E-state index in [2.05, 4.69) is 52.1 Å². The Balaban J connectivity index is 1.72. The molecule has 1 unspecified atom stereocenters. The number of benzene rings is 1. The van der Waals surface area contributed by atoms with Crippen molar-refractivity contribution in [1.82, 2.24) is 19.6 Å². The van der Waals surface area contributed by atoms with E-state index < -0.39 is 34.9 Å². The molecular weight excluding hydrogens is 594 g/mol. The average Bonchev–Trinajstić information content (AvgIpc) is 3.59. The quantitative estimate of drug-likeness (QED) is 0.392. The fourth-order valence-electron chi connectivity index (χ4n) is 7.43. The largest absolute Gasteiger partial charge is 0.347 e. The Labute approximate surface area is 274 Å². The molecule has 1 aromatic rings. The van der Waals surface area contributed by atoms with Crippen molar-refractivity contribution in [3.63, 3.8) is 0 Å². The minimum Gasteiger partial charge on any atom is -0.347 e. The zero-order valence-electron chi connectivity index (χ0n) is 28.7. The van der Waals surface area contributed by atoms with Crippen molar-refractivity contribution in [1.29, 1.82) is 0 Å². The maximum atomic E-state index is 15.2. The molecular formula is C35H54F2N4O3S. The molecule has 2 aliphatic heterocycles. The normalized spacial score (nSPS) is 26.3. The molecule has 3 fully saturated rings. The van der Waals surface area contributed by atoms with Gasteiger partial charge in [-0.05, 0) is 69.9 Å². The Morgan fingerprint density at radius 3 is 2.13 bits per heavy atom.